The number of aromatic nitrogens is 2. The molecule has 0 saturated heterocycles. The fraction of sp³-hybridized carbons (Fsp3) is 0.444. The number of nitrogens with one attached hydrogen (secondary N) is 1. The number of aryl methyl sites for hydroxylation is 2. The van der Waals surface area contributed by atoms with Crippen molar-refractivity contribution in [1.82, 2.24) is 15.1 Å². The number of methoxy groups -OCH3 is 1. The highest BCUT2D eigenvalue weighted by Gasteiger charge is 2.32. The summed E-state index contributed by atoms with van der Waals surface area (Å²) in [5, 5.41) is 8.19. The zero-order chi connectivity index (χ0) is 17.3. The molecule has 128 valence electrons. The minimum Gasteiger partial charge on any atom is -0.481 e. The minimum absolute atomic E-state index is 0.114. The molecule has 1 fully saturated rings. The molecule has 6 heteroatoms. The Labute approximate surface area is 147 Å². The van der Waals surface area contributed by atoms with E-state index in [0.717, 1.165) is 24.3 Å². The molecule has 1 aliphatic rings. The van der Waals surface area contributed by atoms with Gasteiger partial charge in [-0.15, -0.1) is 0 Å². The van der Waals surface area contributed by atoms with Crippen LogP contribution < -0.4 is 10.1 Å². The third-order valence-electron chi connectivity index (χ3n) is 4.72. The van der Waals surface area contributed by atoms with Gasteiger partial charge >= 0.3 is 0 Å². The van der Waals surface area contributed by atoms with E-state index in [4.69, 9.17) is 16.3 Å². The summed E-state index contributed by atoms with van der Waals surface area (Å²) in [4.78, 5) is 12.8. The summed E-state index contributed by atoms with van der Waals surface area (Å²) < 4.78 is 6.93. The van der Waals surface area contributed by atoms with Crippen molar-refractivity contribution >= 4 is 17.5 Å². The second-order valence-corrected chi connectivity index (χ2v) is 6.70. The van der Waals surface area contributed by atoms with Crippen LogP contribution in [0.1, 0.15) is 46.8 Å². The molecule has 2 aromatic rings. The van der Waals surface area contributed by atoms with Gasteiger partial charge in [0.05, 0.1) is 12.8 Å². The molecule has 1 aliphatic carbocycles. The molecule has 0 aliphatic heterocycles. The average molecular weight is 348 g/mol. The molecule has 1 aromatic heterocycles. The molecule has 1 saturated carbocycles. The summed E-state index contributed by atoms with van der Waals surface area (Å²) >= 11 is 5.98. The van der Waals surface area contributed by atoms with Crippen LogP contribution in [0.15, 0.2) is 24.3 Å². The third kappa shape index (κ3) is 3.13. The van der Waals surface area contributed by atoms with Crippen molar-refractivity contribution in [3.05, 3.63) is 46.1 Å². The van der Waals surface area contributed by atoms with E-state index in [1.165, 1.54) is 5.56 Å². The lowest BCUT2D eigenvalue weighted by molar-refractivity contribution is 0.0930. The molecule has 1 N–H and O–H groups in total. The third-order valence-corrected chi connectivity index (χ3v) is 4.97. The first-order valence-electron chi connectivity index (χ1n) is 8.15. The second kappa shape index (κ2) is 6.85. The van der Waals surface area contributed by atoms with Crippen molar-refractivity contribution < 1.29 is 9.53 Å². The topological polar surface area (TPSA) is 56.1 Å². The van der Waals surface area contributed by atoms with Crippen molar-refractivity contribution in [2.24, 2.45) is 7.05 Å². The average Bonchev–Trinajstić information content (AvgIpc) is 3.11. The van der Waals surface area contributed by atoms with Crippen molar-refractivity contribution in [3.8, 4) is 5.88 Å². The predicted octanol–water partition coefficient (Wildman–Crippen LogP) is 3.46. The fourth-order valence-corrected chi connectivity index (χ4v) is 3.74. The Morgan fingerprint density at radius 1 is 1.33 bits per heavy atom. The largest absolute Gasteiger partial charge is 0.481 e. The molecule has 3 rings (SSSR count). The van der Waals surface area contributed by atoms with E-state index in [-0.39, 0.29) is 11.9 Å². The smallest absolute Gasteiger partial charge is 0.258 e. The van der Waals surface area contributed by atoms with Gasteiger partial charge in [0, 0.05) is 24.0 Å². The molecule has 1 amide bonds. The standard InChI is InChI=1S/C18H22ClN3O2/c1-11-16(18(24-3)22(2)21-11)17(23)20-15-6-4-5-14(15)12-7-9-13(19)10-8-12/h7-10,14-15H,4-6H2,1-3H3,(H,20,23)/t14-,15+/m0/s1. The van der Waals surface area contributed by atoms with Crippen LogP contribution in [0.2, 0.25) is 5.02 Å². The van der Waals surface area contributed by atoms with E-state index >= 15 is 0 Å². The Bertz CT molecular complexity index is 739. The minimum atomic E-state index is -0.122. The van der Waals surface area contributed by atoms with Crippen LogP contribution in [-0.4, -0.2) is 28.8 Å². The summed E-state index contributed by atoms with van der Waals surface area (Å²) in [6.45, 7) is 1.82. The van der Waals surface area contributed by atoms with E-state index < -0.39 is 0 Å². The lowest BCUT2D eigenvalue weighted by Gasteiger charge is -2.21. The first-order valence-corrected chi connectivity index (χ1v) is 8.53. The number of amides is 1. The van der Waals surface area contributed by atoms with Gasteiger partial charge in [-0.1, -0.05) is 30.2 Å². The van der Waals surface area contributed by atoms with Crippen molar-refractivity contribution in [3.63, 3.8) is 0 Å². The van der Waals surface area contributed by atoms with Crippen LogP contribution >= 0.6 is 11.6 Å². The quantitative estimate of drug-likeness (QED) is 0.921. The highest BCUT2D eigenvalue weighted by Crippen LogP contribution is 2.35. The molecular formula is C18H22ClN3O2. The lowest BCUT2D eigenvalue weighted by atomic mass is 9.94. The Hall–Kier alpha value is -2.01. The van der Waals surface area contributed by atoms with Crippen molar-refractivity contribution in [2.45, 2.75) is 38.1 Å². The van der Waals surface area contributed by atoms with Crippen LogP contribution in [0, 0.1) is 6.92 Å². The van der Waals surface area contributed by atoms with Gasteiger partial charge in [0.1, 0.15) is 5.56 Å². The molecule has 0 bridgehead atoms. The maximum Gasteiger partial charge on any atom is 0.258 e. The van der Waals surface area contributed by atoms with Crippen LogP contribution in [0.25, 0.3) is 0 Å². The normalized spacial score (nSPS) is 20.2. The van der Waals surface area contributed by atoms with E-state index in [9.17, 15) is 4.79 Å². The Morgan fingerprint density at radius 2 is 2.04 bits per heavy atom. The maximum absolute atomic E-state index is 12.8. The number of carbonyl (C=O) groups excluding carboxylic acids is 1. The van der Waals surface area contributed by atoms with Gasteiger partial charge in [-0.25, -0.2) is 4.68 Å². The van der Waals surface area contributed by atoms with Gasteiger partial charge in [0.25, 0.3) is 5.91 Å². The SMILES string of the molecule is COc1c(C(=O)N[C@@H]2CCC[C@H]2c2ccc(Cl)cc2)c(C)nn1C. The van der Waals surface area contributed by atoms with E-state index in [1.807, 2.05) is 31.2 Å². The predicted molar refractivity (Wildman–Crippen MR) is 93.8 cm³/mol. The van der Waals surface area contributed by atoms with Crippen LogP contribution in [0.3, 0.4) is 0 Å². The van der Waals surface area contributed by atoms with Gasteiger partial charge < -0.3 is 10.1 Å². The van der Waals surface area contributed by atoms with Gasteiger partial charge in [-0.2, -0.15) is 5.10 Å². The number of benzene rings is 1. The first kappa shape index (κ1) is 16.8. The summed E-state index contributed by atoms with van der Waals surface area (Å²) in [7, 11) is 3.33. The molecule has 5 nitrogen and oxygen atoms in total. The highest BCUT2D eigenvalue weighted by atomic mass is 35.5. The fourth-order valence-electron chi connectivity index (χ4n) is 3.61. The Morgan fingerprint density at radius 3 is 2.71 bits per heavy atom. The number of hydrogen-bond acceptors (Lipinski definition) is 3. The van der Waals surface area contributed by atoms with E-state index in [1.54, 1.807) is 18.8 Å². The van der Waals surface area contributed by atoms with Crippen LogP contribution in [0.5, 0.6) is 5.88 Å². The number of halogens is 1. The van der Waals surface area contributed by atoms with Gasteiger partial charge in [-0.05, 0) is 37.5 Å². The zero-order valence-electron chi connectivity index (χ0n) is 14.2. The first-order chi connectivity index (χ1) is 11.5. The molecular weight excluding hydrogens is 326 g/mol. The number of nitrogens with zero attached hydrogens (tertiary/aromatic N) is 2. The lowest BCUT2D eigenvalue weighted by Crippen LogP contribution is -2.36. The van der Waals surface area contributed by atoms with Crippen molar-refractivity contribution in [2.75, 3.05) is 7.11 Å². The number of hydrogen-bond donors (Lipinski definition) is 1. The molecule has 1 heterocycles. The monoisotopic (exact) mass is 347 g/mol. The summed E-state index contributed by atoms with van der Waals surface area (Å²) in [5.41, 5.74) is 2.41. The second-order valence-electron chi connectivity index (χ2n) is 6.26. The van der Waals surface area contributed by atoms with Crippen molar-refractivity contribution in [1.29, 1.82) is 0 Å². The molecule has 0 radical (unpaired) electrons. The molecule has 2 atom stereocenters. The van der Waals surface area contributed by atoms with Crippen LogP contribution in [0.4, 0.5) is 0 Å². The van der Waals surface area contributed by atoms with Crippen LogP contribution in [-0.2, 0) is 7.05 Å². The van der Waals surface area contributed by atoms with E-state index in [0.29, 0.717) is 23.1 Å². The number of ether oxygens (including phenoxy) is 1. The highest BCUT2D eigenvalue weighted by molar-refractivity contribution is 6.30. The molecule has 0 unspecified atom stereocenters. The molecule has 0 spiro atoms. The van der Waals surface area contributed by atoms with Gasteiger partial charge in [0.2, 0.25) is 5.88 Å². The Kier molecular flexibility index (Phi) is 4.81. The molecule has 24 heavy (non-hydrogen) atoms. The van der Waals surface area contributed by atoms with Gasteiger partial charge in [-0.3, -0.25) is 4.79 Å². The zero-order valence-corrected chi connectivity index (χ0v) is 14.9. The summed E-state index contributed by atoms with van der Waals surface area (Å²) in [6, 6.07) is 8.02. The maximum atomic E-state index is 12.8. The Balaban J connectivity index is 1.80. The molecule has 1 aromatic carbocycles. The number of rotatable bonds is 4. The summed E-state index contributed by atoms with van der Waals surface area (Å²) in [6.07, 6.45) is 3.14. The summed E-state index contributed by atoms with van der Waals surface area (Å²) in [5.74, 6) is 0.684. The number of carbonyl (C=O) groups is 1. The van der Waals surface area contributed by atoms with Gasteiger partial charge in [0.15, 0.2) is 0 Å². The van der Waals surface area contributed by atoms with E-state index in [2.05, 4.69) is 10.4 Å².